The summed E-state index contributed by atoms with van der Waals surface area (Å²) in [5, 5.41) is 3.70. The van der Waals surface area contributed by atoms with Crippen molar-refractivity contribution in [1.82, 2.24) is 5.43 Å². The molecule has 0 heterocycles. The third-order valence-corrected chi connectivity index (χ3v) is 2.83. The van der Waals surface area contributed by atoms with E-state index in [-0.39, 0.29) is 0 Å². The van der Waals surface area contributed by atoms with E-state index < -0.39 is 6.03 Å². The smallest absolute Gasteiger partial charge is 0.307 e. The molecule has 0 aliphatic rings. The maximum atomic E-state index is 11.6. The van der Waals surface area contributed by atoms with E-state index in [4.69, 9.17) is 23.2 Å². The van der Waals surface area contributed by atoms with Gasteiger partial charge in [0, 0.05) is 10.7 Å². The van der Waals surface area contributed by atoms with Gasteiger partial charge in [0.2, 0.25) is 0 Å². The van der Waals surface area contributed by atoms with E-state index in [1.165, 1.54) is 0 Å². The van der Waals surface area contributed by atoms with Gasteiger partial charge in [-0.25, -0.2) is 4.79 Å². The number of carbonyl (C=O) groups is 1. The van der Waals surface area contributed by atoms with Gasteiger partial charge in [0.05, 0.1) is 10.7 Å². The van der Waals surface area contributed by atoms with Crippen molar-refractivity contribution in [3.63, 3.8) is 0 Å². The molecular formula is C13H11Cl2N3O. The van der Waals surface area contributed by atoms with Crippen molar-refractivity contribution in [3.8, 4) is 0 Å². The van der Waals surface area contributed by atoms with Gasteiger partial charge in [0.25, 0.3) is 0 Å². The van der Waals surface area contributed by atoms with Crippen LogP contribution >= 0.6 is 23.2 Å². The van der Waals surface area contributed by atoms with Crippen molar-refractivity contribution in [2.75, 3.05) is 10.7 Å². The molecule has 98 valence electrons. The van der Waals surface area contributed by atoms with E-state index in [1.54, 1.807) is 42.5 Å². The molecule has 0 spiro atoms. The molecule has 3 N–H and O–H groups in total. The van der Waals surface area contributed by atoms with Gasteiger partial charge in [-0.15, -0.1) is 0 Å². The van der Waals surface area contributed by atoms with Gasteiger partial charge in [0.15, 0.2) is 0 Å². The number of carbonyl (C=O) groups excluding carboxylic acids is 1. The zero-order valence-electron chi connectivity index (χ0n) is 9.78. The zero-order valence-corrected chi connectivity index (χ0v) is 11.3. The number of hydrazine groups is 1. The quantitative estimate of drug-likeness (QED) is 0.745. The van der Waals surface area contributed by atoms with Crippen molar-refractivity contribution < 1.29 is 4.79 Å². The average molecular weight is 296 g/mol. The highest BCUT2D eigenvalue weighted by Gasteiger charge is 2.03. The molecule has 19 heavy (non-hydrogen) atoms. The Morgan fingerprint density at radius 3 is 2.53 bits per heavy atom. The monoisotopic (exact) mass is 295 g/mol. The van der Waals surface area contributed by atoms with Crippen LogP contribution < -0.4 is 16.2 Å². The Morgan fingerprint density at radius 1 is 1.00 bits per heavy atom. The Kier molecular flexibility index (Phi) is 4.49. The third-order valence-electron chi connectivity index (χ3n) is 2.27. The predicted molar refractivity (Wildman–Crippen MR) is 78.7 cm³/mol. The van der Waals surface area contributed by atoms with Gasteiger partial charge in [-0.05, 0) is 30.3 Å². The van der Waals surface area contributed by atoms with Crippen LogP contribution in [0.4, 0.5) is 16.2 Å². The summed E-state index contributed by atoms with van der Waals surface area (Å²) in [6.07, 6.45) is 0. The first-order valence-corrected chi connectivity index (χ1v) is 6.24. The molecule has 0 aliphatic heterocycles. The highest BCUT2D eigenvalue weighted by atomic mass is 35.5. The van der Waals surface area contributed by atoms with Gasteiger partial charge in [-0.2, -0.15) is 0 Å². The number of benzene rings is 2. The van der Waals surface area contributed by atoms with Crippen LogP contribution in [0.15, 0.2) is 48.5 Å². The van der Waals surface area contributed by atoms with Crippen LogP contribution in [-0.2, 0) is 0 Å². The van der Waals surface area contributed by atoms with E-state index in [0.29, 0.717) is 21.4 Å². The minimum Gasteiger partial charge on any atom is -0.307 e. The molecule has 2 amide bonds. The zero-order chi connectivity index (χ0) is 13.7. The lowest BCUT2D eigenvalue weighted by Gasteiger charge is -2.11. The summed E-state index contributed by atoms with van der Waals surface area (Å²) >= 11 is 11.8. The van der Waals surface area contributed by atoms with Crippen molar-refractivity contribution in [2.24, 2.45) is 0 Å². The van der Waals surface area contributed by atoms with Gasteiger partial charge >= 0.3 is 6.03 Å². The Labute approximate surface area is 120 Å². The van der Waals surface area contributed by atoms with E-state index in [0.717, 1.165) is 0 Å². The number of nitrogens with one attached hydrogen (secondary N) is 3. The number of hydrogen-bond donors (Lipinski definition) is 3. The summed E-state index contributed by atoms with van der Waals surface area (Å²) in [5.74, 6) is 0. The van der Waals surface area contributed by atoms with Crippen LogP contribution in [0.3, 0.4) is 0 Å². The first-order valence-electron chi connectivity index (χ1n) is 5.48. The normalized spacial score (nSPS) is 9.79. The maximum Gasteiger partial charge on any atom is 0.337 e. The van der Waals surface area contributed by atoms with Gasteiger partial charge < -0.3 is 5.32 Å². The molecule has 0 aliphatic carbocycles. The lowest BCUT2D eigenvalue weighted by atomic mass is 10.3. The first kappa shape index (κ1) is 13.5. The minimum absolute atomic E-state index is 0.415. The van der Waals surface area contributed by atoms with Crippen molar-refractivity contribution in [1.29, 1.82) is 0 Å². The van der Waals surface area contributed by atoms with Crippen LogP contribution in [0.2, 0.25) is 10.0 Å². The third kappa shape index (κ3) is 4.05. The topological polar surface area (TPSA) is 53.2 Å². The molecule has 0 aromatic heterocycles. The summed E-state index contributed by atoms with van der Waals surface area (Å²) in [6.45, 7) is 0. The molecule has 2 rings (SSSR count). The summed E-state index contributed by atoms with van der Waals surface area (Å²) in [6, 6.07) is 13.5. The number of rotatable bonds is 3. The first-order chi connectivity index (χ1) is 9.15. The molecule has 0 bridgehead atoms. The lowest BCUT2D eigenvalue weighted by molar-refractivity contribution is 0.254. The highest BCUT2D eigenvalue weighted by Crippen LogP contribution is 2.19. The molecule has 6 heteroatoms. The fourth-order valence-corrected chi connectivity index (χ4v) is 1.79. The molecular weight excluding hydrogens is 285 g/mol. The van der Waals surface area contributed by atoms with Crippen LogP contribution in [-0.4, -0.2) is 6.03 Å². The SMILES string of the molecule is O=C(NNc1ccccc1Cl)Nc1cccc(Cl)c1. The van der Waals surface area contributed by atoms with E-state index in [9.17, 15) is 4.79 Å². The number of para-hydroxylation sites is 1. The van der Waals surface area contributed by atoms with Gasteiger partial charge in [-0.3, -0.25) is 10.9 Å². The molecule has 2 aromatic carbocycles. The summed E-state index contributed by atoms with van der Waals surface area (Å²) < 4.78 is 0. The van der Waals surface area contributed by atoms with E-state index in [1.807, 2.05) is 6.07 Å². The Balaban J connectivity index is 1.90. The molecule has 0 atom stereocenters. The molecule has 0 radical (unpaired) electrons. The van der Waals surface area contributed by atoms with Crippen LogP contribution in [0.25, 0.3) is 0 Å². The fraction of sp³-hybridized carbons (Fsp3) is 0. The van der Waals surface area contributed by atoms with Crippen LogP contribution in [0.5, 0.6) is 0 Å². The molecule has 4 nitrogen and oxygen atoms in total. The van der Waals surface area contributed by atoms with Gasteiger partial charge in [-0.1, -0.05) is 41.4 Å². The average Bonchev–Trinajstić information content (AvgIpc) is 2.38. The summed E-state index contributed by atoms with van der Waals surface area (Å²) in [7, 11) is 0. The molecule has 0 fully saturated rings. The van der Waals surface area contributed by atoms with Crippen molar-refractivity contribution >= 4 is 40.6 Å². The second-order valence-electron chi connectivity index (χ2n) is 3.69. The maximum absolute atomic E-state index is 11.6. The predicted octanol–water partition coefficient (Wildman–Crippen LogP) is 4.14. The number of hydrogen-bond acceptors (Lipinski definition) is 2. The Hall–Kier alpha value is -1.91. The molecule has 0 saturated heterocycles. The number of anilines is 2. The number of urea groups is 1. The molecule has 2 aromatic rings. The summed E-state index contributed by atoms with van der Waals surface area (Å²) in [4.78, 5) is 11.6. The second kappa shape index (κ2) is 6.31. The fourth-order valence-electron chi connectivity index (χ4n) is 1.42. The summed E-state index contributed by atoms with van der Waals surface area (Å²) in [5.41, 5.74) is 6.42. The Morgan fingerprint density at radius 2 is 1.79 bits per heavy atom. The van der Waals surface area contributed by atoms with Crippen LogP contribution in [0.1, 0.15) is 0 Å². The van der Waals surface area contributed by atoms with Crippen LogP contribution in [0, 0.1) is 0 Å². The van der Waals surface area contributed by atoms with Gasteiger partial charge in [0.1, 0.15) is 0 Å². The number of halogens is 2. The Bertz CT molecular complexity index is 590. The van der Waals surface area contributed by atoms with E-state index >= 15 is 0 Å². The second-order valence-corrected chi connectivity index (χ2v) is 4.54. The standard InChI is InChI=1S/C13H11Cl2N3O/c14-9-4-3-5-10(8-9)16-13(19)18-17-12-7-2-1-6-11(12)15/h1-8,17H,(H2,16,18,19). The number of amides is 2. The lowest BCUT2D eigenvalue weighted by Crippen LogP contribution is -2.33. The minimum atomic E-state index is -0.415. The van der Waals surface area contributed by atoms with Crippen molar-refractivity contribution in [3.05, 3.63) is 58.6 Å². The molecule has 0 unspecified atom stereocenters. The highest BCUT2D eigenvalue weighted by molar-refractivity contribution is 6.33. The van der Waals surface area contributed by atoms with E-state index in [2.05, 4.69) is 16.2 Å². The molecule has 0 saturated carbocycles. The largest absolute Gasteiger partial charge is 0.337 e. The van der Waals surface area contributed by atoms with Crippen molar-refractivity contribution in [2.45, 2.75) is 0 Å².